The van der Waals surface area contributed by atoms with Gasteiger partial charge in [-0.2, -0.15) is 10.4 Å². The number of aromatic nitrogens is 3. The first-order chi connectivity index (χ1) is 16.4. The first kappa shape index (κ1) is 22.6. The summed E-state index contributed by atoms with van der Waals surface area (Å²) >= 11 is 0. The minimum atomic E-state index is -0.704. The monoisotopic (exact) mass is 459 g/mol. The second kappa shape index (κ2) is 9.92. The Labute approximate surface area is 194 Å². The molecule has 170 valence electrons. The summed E-state index contributed by atoms with van der Waals surface area (Å²) in [6, 6.07) is 13.6. The minimum absolute atomic E-state index is 0.0226. The topological polar surface area (TPSA) is 92.8 Å². The van der Waals surface area contributed by atoms with Gasteiger partial charge in [-0.05, 0) is 42.8 Å². The second-order valence-corrected chi connectivity index (χ2v) is 7.45. The molecule has 0 aliphatic carbocycles. The van der Waals surface area contributed by atoms with Crippen LogP contribution in [0.5, 0.6) is 11.5 Å². The van der Waals surface area contributed by atoms with Crippen LogP contribution in [0, 0.1) is 29.9 Å². The van der Waals surface area contributed by atoms with Gasteiger partial charge in [0, 0.05) is 47.8 Å². The van der Waals surface area contributed by atoms with E-state index >= 15 is 0 Å². The van der Waals surface area contributed by atoms with E-state index < -0.39 is 17.5 Å². The molecule has 0 saturated heterocycles. The first-order valence-corrected chi connectivity index (χ1v) is 10.3. The zero-order valence-electron chi connectivity index (χ0n) is 18.1. The van der Waals surface area contributed by atoms with E-state index in [0.717, 1.165) is 11.6 Å². The maximum absolute atomic E-state index is 13.4. The molecule has 1 amide bonds. The summed E-state index contributed by atoms with van der Waals surface area (Å²) in [7, 11) is 0. The quantitative estimate of drug-likeness (QED) is 0.429. The van der Waals surface area contributed by atoms with Gasteiger partial charge in [-0.1, -0.05) is 6.07 Å². The summed E-state index contributed by atoms with van der Waals surface area (Å²) in [6.07, 6.45) is 4.93. The minimum Gasteiger partial charge on any atom is -0.457 e. The smallest absolute Gasteiger partial charge is 0.251 e. The van der Waals surface area contributed by atoms with Crippen molar-refractivity contribution in [2.45, 2.75) is 20.0 Å². The highest BCUT2D eigenvalue weighted by Crippen LogP contribution is 2.29. The molecule has 2 heterocycles. The summed E-state index contributed by atoms with van der Waals surface area (Å²) in [5.74, 6) is -0.821. The lowest BCUT2D eigenvalue weighted by atomic mass is 10.1. The number of nitrogens with zero attached hydrogens (tertiary/aromatic N) is 4. The predicted molar refractivity (Wildman–Crippen MR) is 120 cm³/mol. The van der Waals surface area contributed by atoms with Gasteiger partial charge < -0.3 is 10.1 Å². The number of carbonyl (C=O) groups excluding carboxylic acids is 1. The third kappa shape index (κ3) is 5.24. The highest BCUT2D eigenvalue weighted by molar-refractivity contribution is 5.96. The zero-order valence-corrected chi connectivity index (χ0v) is 18.1. The van der Waals surface area contributed by atoms with Gasteiger partial charge in [0.2, 0.25) is 0 Å². The van der Waals surface area contributed by atoms with E-state index in [4.69, 9.17) is 10.00 Å². The van der Waals surface area contributed by atoms with Gasteiger partial charge >= 0.3 is 0 Å². The van der Waals surface area contributed by atoms with Crippen LogP contribution >= 0.6 is 0 Å². The third-order valence-electron chi connectivity index (χ3n) is 5.03. The van der Waals surface area contributed by atoms with E-state index in [9.17, 15) is 13.6 Å². The summed E-state index contributed by atoms with van der Waals surface area (Å²) in [4.78, 5) is 17.0. The van der Waals surface area contributed by atoms with E-state index in [1.807, 2.05) is 6.07 Å². The predicted octanol–water partition coefficient (Wildman–Crippen LogP) is 4.78. The van der Waals surface area contributed by atoms with Crippen LogP contribution in [0.1, 0.15) is 21.5 Å². The molecule has 0 bridgehead atoms. The summed E-state index contributed by atoms with van der Waals surface area (Å²) in [6.45, 7) is 1.86. The Bertz CT molecular complexity index is 1370. The van der Waals surface area contributed by atoms with Crippen LogP contribution in [0.4, 0.5) is 8.78 Å². The van der Waals surface area contributed by atoms with Crippen molar-refractivity contribution in [3.8, 4) is 28.8 Å². The fourth-order valence-corrected chi connectivity index (χ4v) is 3.38. The van der Waals surface area contributed by atoms with E-state index in [-0.39, 0.29) is 13.1 Å². The maximum atomic E-state index is 13.4. The molecule has 2 aromatic heterocycles. The van der Waals surface area contributed by atoms with E-state index in [2.05, 4.69) is 15.4 Å². The summed E-state index contributed by atoms with van der Waals surface area (Å²) in [5, 5.41) is 15.6. The number of benzene rings is 2. The Morgan fingerprint density at radius 3 is 2.74 bits per heavy atom. The van der Waals surface area contributed by atoms with Crippen LogP contribution in [0.3, 0.4) is 0 Å². The molecule has 0 aliphatic heterocycles. The lowest BCUT2D eigenvalue weighted by Gasteiger charge is -2.13. The second-order valence-electron chi connectivity index (χ2n) is 7.45. The van der Waals surface area contributed by atoms with Crippen LogP contribution in [0.15, 0.2) is 67.1 Å². The highest BCUT2D eigenvalue weighted by atomic mass is 19.1. The summed E-state index contributed by atoms with van der Waals surface area (Å²) in [5.41, 5.74) is 2.65. The SMILES string of the molecule is Cc1c(Oc2ccnc(-c3cnn(CC#N)c3)c2)cccc1C(=O)NCc1cc(F)cc(F)c1. The molecule has 4 rings (SSSR count). The number of hydrogen-bond acceptors (Lipinski definition) is 5. The standard InChI is InChI=1S/C25H19F2N5O2/c1-16-22(25(33)30-13-17-9-19(26)11-20(27)10-17)3-2-4-24(16)34-21-5-7-29-23(12-21)18-14-31-32(15-18)8-6-28/h2-5,7,9-12,14-15H,8,13H2,1H3,(H,30,33). The van der Waals surface area contributed by atoms with Gasteiger partial charge in [-0.15, -0.1) is 0 Å². The number of carbonyl (C=O) groups is 1. The van der Waals surface area contributed by atoms with Gasteiger partial charge in [-0.3, -0.25) is 14.5 Å². The zero-order chi connectivity index (χ0) is 24.1. The van der Waals surface area contributed by atoms with Gasteiger partial charge in [0.25, 0.3) is 5.91 Å². The number of hydrogen-bond donors (Lipinski definition) is 1. The average Bonchev–Trinajstić information content (AvgIpc) is 3.27. The van der Waals surface area contributed by atoms with E-state index in [0.29, 0.717) is 33.9 Å². The van der Waals surface area contributed by atoms with Gasteiger partial charge in [0.05, 0.1) is 18.0 Å². The molecular formula is C25H19F2N5O2. The fraction of sp³-hybridized carbons (Fsp3) is 0.120. The van der Waals surface area contributed by atoms with Crippen LogP contribution < -0.4 is 10.1 Å². The van der Waals surface area contributed by atoms with Gasteiger partial charge in [-0.25, -0.2) is 8.78 Å². The number of halogens is 2. The van der Waals surface area contributed by atoms with Crippen LogP contribution in [-0.2, 0) is 13.1 Å². The van der Waals surface area contributed by atoms with Crippen molar-refractivity contribution in [2.24, 2.45) is 0 Å². The third-order valence-corrected chi connectivity index (χ3v) is 5.03. The average molecular weight is 459 g/mol. The molecule has 0 atom stereocenters. The molecule has 0 unspecified atom stereocenters. The Morgan fingerprint density at radius 1 is 1.18 bits per heavy atom. The van der Waals surface area contributed by atoms with E-state index in [1.165, 1.54) is 16.8 Å². The van der Waals surface area contributed by atoms with Crippen molar-refractivity contribution in [3.05, 3.63) is 95.4 Å². The number of nitriles is 1. The molecule has 0 spiro atoms. The first-order valence-electron chi connectivity index (χ1n) is 10.3. The van der Waals surface area contributed by atoms with Crippen molar-refractivity contribution in [1.82, 2.24) is 20.1 Å². The van der Waals surface area contributed by atoms with Crippen molar-refractivity contribution in [1.29, 1.82) is 5.26 Å². The van der Waals surface area contributed by atoms with E-state index in [1.54, 1.807) is 55.8 Å². The van der Waals surface area contributed by atoms with Gasteiger partial charge in [0.1, 0.15) is 29.7 Å². The Hall–Kier alpha value is -4.58. The van der Waals surface area contributed by atoms with Crippen molar-refractivity contribution < 1.29 is 18.3 Å². The van der Waals surface area contributed by atoms with Crippen LogP contribution in [0.25, 0.3) is 11.3 Å². The maximum Gasteiger partial charge on any atom is 0.251 e. The highest BCUT2D eigenvalue weighted by Gasteiger charge is 2.14. The Morgan fingerprint density at radius 2 is 1.97 bits per heavy atom. The van der Waals surface area contributed by atoms with Crippen molar-refractivity contribution >= 4 is 5.91 Å². The molecule has 0 aliphatic rings. The molecule has 34 heavy (non-hydrogen) atoms. The molecule has 7 nitrogen and oxygen atoms in total. The van der Waals surface area contributed by atoms with Crippen LogP contribution in [-0.4, -0.2) is 20.7 Å². The normalized spacial score (nSPS) is 10.5. The molecule has 4 aromatic rings. The molecule has 0 saturated carbocycles. The molecular weight excluding hydrogens is 440 g/mol. The molecule has 0 fully saturated rings. The Balaban J connectivity index is 1.49. The summed E-state index contributed by atoms with van der Waals surface area (Å²) < 4.78 is 34.3. The fourth-order valence-electron chi connectivity index (χ4n) is 3.38. The van der Waals surface area contributed by atoms with Crippen molar-refractivity contribution in [3.63, 3.8) is 0 Å². The number of amides is 1. The molecule has 9 heteroatoms. The lowest BCUT2D eigenvalue weighted by Crippen LogP contribution is -2.23. The Kier molecular flexibility index (Phi) is 6.59. The number of rotatable bonds is 7. The number of nitrogens with one attached hydrogen (secondary N) is 1. The largest absolute Gasteiger partial charge is 0.457 e. The number of ether oxygens (including phenoxy) is 1. The van der Waals surface area contributed by atoms with Gasteiger partial charge in [0.15, 0.2) is 0 Å². The molecule has 0 radical (unpaired) electrons. The van der Waals surface area contributed by atoms with Crippen molar-refractivity contribution in [2.75, 3.05) is 0 Å². The lowest BCUT2D eigenvalue weighted by molar-refractivity contribution is 0.0950. The molecule has 2 aromatic carbocycles. The molecule has 1 N–H and O–H groups in total. The number of pyridine rings is 1. The van der Waals surface area contributed by atoms with Crippen LogP contribution in [0.2, 0.25) is 0 Å².